The normalized spacial score (nSPS) is 12.4. The van der Waals surface area contributed by atoms with Gasteiger partial charge in [0.2, 0.25) is 0 Å². The number of halogens is 8. The van der Waals surface area contributed by atoms with Crippen LogP contribution in [0.4, 0.5) is 26.3 Å². The van der Waals surface area contributed by atoms with E-state index in [-0.39, 0.29) is 6.07 Å². The standard InChI is InChI=1S/C9H3Cl2F6NO2/c10-2-4-5(20-9(15,16)17)1-3(7(11)19)6(18-4)8(12,13)14/h1H,2H2. The Morgan fingerprint density at radius 2 is 1.80 bits per heavy atom. The van der Waals surface area contributed by atoms with E-state index in [9.17, 15) is 31.1 Å². The minimum absolute atomic E-state index is 0.205. The lowest BCUT2D eigenvalue weighted by Gasteiger charge is -2.15. The highest BCUT2D eigenvalue weighted by atomic mass is 35.5. The topological polar surface area (TPSA) is 39.2 Å². The number of rotatable bonds is 3. The Morgan fingerprint density at radius 1 is 1.25 bits per heavy atom. The third kappa shape index (κ3) is 4.14. The molecule has 0 fully saturated rings. The molecule has 1 rings (SSSR count). The Hall–Kier alpha value is -1.22. The van der Waals surface area contributed by atoms with Crippen molar-refractivity contribution in [3.05, 3.63) is 23.0 Å². The molecule has 1 aromatic heterocycles. The summed E-state index contributed by atoms with van der Waals surface area (Å²) in [5.74, 6) is -1.91. The maximum absolute atomic E-state index is 12.6. The van der Waals surface area contributed by atoms with Gasteiger partial charge in [0, 0.05) is 0 Å². The van der Waals surface area contributed by atoms with E-state index >= 15 is 0 Å². The van der Waals surface area contributed by atoms with Crippen molar-refractivity contribution in [1.29, 1.82) is 0 Å². The zero-order chi connectivity index (χ0) is 15.7. The van der Waals surface area contributed by atoms with E-state index in [0.717, 1.165) is 0 Å². The van der Waals surface area contributed by atoms with Gasteiger partial charge in [0.05, 0.1) is 17.1 Å². The van der Waals surface area contributed by atoms with Gasteiger partial charge < -0.3 is 4.74 Å². The van der Waals surface area contributed by atoms with Gasteiger partial charge in [-0.1, -0.05) is 0 Å². The van der Waals surface area contributed by atoms with Crippen LogP contribution in [0.2, 0.25) is 0 Å². The number of hydrogen-bond donors (Lipinski definition) is 0. The summed E-state index contributed by atoms with van der Waals surface area (Å²) in [6, 6.07) is 0.205. The molecule has 20 heavy (non-hydrogen) atoms. The fourth-order valence-electron chi connectivity index (χ4n) is 1.21. The molecule has 0 aliphatic heterocycles. The van der Waals surface area contributed by atoms with Crippen LogP contribution in [0.25, 0.3) is 0 Å². The molecule has 0 atom stereocenters. The van der Waals surface area contributed by atoms with E-state index in [1.54, 1.807) is 0 Å². The summed E-state index contributed by atoms with van der Waals surface area (Å²) >= 11 is 10.1. The van der Waals surface area contributed by atoms with Gasteiger partial charge >= 0.3 is 12.5 Å². The van der Waals surface area contributed by atoms with Gasteiger partial charge in [0.25, 0.3) is 5.24 Å². The van der Waals surface area contributed by atoms with Gasteiger partial charge in [-0.05, 0) is 17.7 Å². The highest BCUT2D eigenvalue weighted by Crippen LogP contribution is 2.36. The molecular weight excluding hydrogens is 339 g/mol. The first-order chi connectivity index (χ1) is 8.95. The van der Waals surface area contributed by atoms with Crippen LogP contribution in [0.5, 0.6) is 5.75 Å². The van der Waals surface area contributed by atoms with Crippen molar-refractivity contribution >= 4 is 28.4 Å². The maximum Gasteiger partial charge on any atom is 0.573 e. The van der Waals surface area contributed by atoms with E-state index < -0.39 is 46.4 Å². The van der Waals surface area contributed by atoms with Crippen LogP contribution in [0.15, 0.2) is 6.07 Å². The molecule has 0 amide bonds. The molecule has 1 aromatic rings. The Labute approximate surface area is 117 Å². The Kier molecular flexibility index (Phi) is 4.75. The fraction of sp³-hybridized carbons (Fsp3) is 0.333. The van der Waals surface area contributed by atoms with Crippen molar-refractivity contribution in [2.45, 2.75) is 18.4 Å². The van der Waals surface area contributed by atoms with E-state index in [0.29, 0.717) is 0 Å². The van der Waals surface area contributed by atoms with Crippen molar-refractivity contribution in [1.82, 2.24) is 4.98 Å². The first-order valence-corrected chi connectivity index (χ1v) is 5.49. The molecule has 0 spiro atoms. The van der Waals surface area contributed by atoms with E-state index in [1.807, 2.05) is 0 Å². The number of pyridine rings is 1. The van der Waals surface area contributed by atoms with Crippen LogP contribution < -0.4 is 4.74 Å². The van der Waals surface area contributed by atoms with Crippen LogP contribution in [-0.4, -0.2) is 16.6 Å². The molecule has 3 nitrogen and oxygen atoms in total. The molecule has 0 aliphatic rings. The van der Waals surface area contributed by atoms with Crippen LogP contribution in [0, 0.1) is 0 Å². The van der Waals surface area contributed by atoms with Crippen LogP contribution in [0.1, 0.15) is 21.7 Å². The Bertz CT molecular complexity index is 528. The number of aromatic nitrogens is 1. The minimum Gasteiger partial charge on any atom is -0.404 e. The fourth-order valence-corrected chi connectivity index (χ4v) is 1.54. The number of hydrogen-bond acceptors (Lipinski definition) is 3. The van der Waals surface area contributed by atoms with Gasteiger partial charge in [-0.2, -0.15) is 13.2 Å². The summed E-state index contributed by atoms with van der Waals surface area (Å²) in [6.07, 6.45) is -10.3. The average Bonchev–Trinajstić information content (AvgIpc) is 2.24. The molecule has 0 N–H and O–H groups in total. The highest BCUT2D eigenvalue weighted by Gasteiger charge is 2.39. The summed E-state index contributed by atoms with van der Waals surface area (Å²) < 4.78 is 77.6. The second-order valence-corrected chi connectivity index (χ2v) is 3.89. The summed E-state index contributed by atoms with van der Waals surface area (Å²) in [4.78, 5) is 13.8. The zero-order valence-electron chi connectivity index (χ0n) is 9.07. The molecule has 0 aliphatic carbocycles. The number of carbonyl (C=O) groups is 1. The lowest BCUT2D eigenvalue weighted by molar-refractivity contribution is -0.275. The second-order valence-electron chi connectivity index (χ2n) is 3.28. The summed E-state index contributed by atoms with van der Waals surface area (Å²) in [7, 11) is 0. The van der Waals surface area contributed by atoms with E-state index in [4.69, 9.17) is 23.2 Å². The number of alkyl halides is 7. The number of nitrogens with zero attached hydrogens (tertiary/aromatic N) is 1. The maximum atomic E-state index is 12.6. The molecule has 11 heteroatoms. The molecular formula is C9H3Cl2F6NO2. The SMILES string of the molecule is O=C(Cl)c1cc(OC(F)(F)F)c(CCl)nc1C(F)(F)F. The van der Waals surface area contributed by atoms with Gasteiger partial charge in [0.15, 0.2) is 11.4 Å². The molecule has 0 saturated carbocycles. The predicted molar refractivity (Wildman–Crippen MR) is 55.7 cm³/mol. The first kappa shape index (κ1) is 16.8. The van der Waals surface area contributed by atoms with Crippen LogP contribution >= 0.6 is 23.2 Å². The zero-order valence-corrected chi connectivity index (χ0v) is 10.6. The van der Waals surface area contributed by atoms with Gasteiger partial charge in [-0.15, -0.1) is 24.8 Å². The van der Waals surface area contributed by atoms with Gasteiger partial charge in [-0.3, -0.25) is 4.79 Å². The molecule has 0 aromatic carbocycles. The van der Waals surface area contributed by atoms with Gasteiger partial charge in [0.1, 0.15) is 0 Å². The molecule has 0 unspecified atom stereocenters. The summed E-state index contributed by atoms with van der Waals surface area (Å²) in [5, 5.41) is -1.63. The monoisotopic (exact) mass is 341 g/mol. The first-order valence-electron chi connectivity index (χ1n) is 4.58. The summed E-state index contributed by atoms with van der Waals surface area (Å²) in [6.45, 7) is 0. The van der Waals surface area contributed by atoms with Crippen molar-refractivity contribution in [2.24, 2.45) is 0 Å². The second kappa shape index (κ2) is 5.65. The molecule has 0 saturated heterocycles. The lowest BCUT2D eigenvalue weighted by Crippen LogP contribution is -2.21. The predicted octanol–water partition coefficient (Wildman–Crippen LogP) is 4.12. The highest BCUT2D eigenvalue weighted by molar-refractivity contribution is 6.67. The van der Waals surface area contributed by atoms with Crippen molar-refractivity contribution in [2.75, 3.05) is 0 Å². The molecule has 112 valence electrons. The van der Waals surface area contributed by atoms with E-state index in [2.05, 4.69) is 9.72 Å². The number of carbonyl (C=O) groups excluding carboxylic acids is 1. The van der Waals surface area contributed by atoms with Crippen LogP contribution in [0.3, 0.4) is 0 Å². The minimum atomic E-state index is -5.19. The molecule has 0 radical (unpaired) electrons. The largest absolute Gasteiger partial charge is 0.573 e. The molecule has 1 heterocycles. The number of ether oxygens (including phenoxy) is 1. The quantitative estimate of drug-likeness (QED) is 0.471. The Morgan fingerprint density at radius 3 is 2.15 bits per heavy atom. The molecule has 0 bridgehead atoms. The summed E-state index contributed by atoms with van der Waals surface area (Å²) in [5.41, 5.74) is -3.81. The third-order valence-electron chi connectivity index (χ3n) is 1.89. The van der Waals surface area contributed by atoms with E-state index in [1.165, 1.54) is 0 Å². The average molecular weight is 342 g/mol. The Balaban J connectivity index is 3.49. The van der Waals surface area contributed by atoms with Crippen molar-refractivity contribution in [3.63, 3.8) is 0 Å². The van der Waals surface area contributed by atoms with Crippen LogP contribution in [-0.2, 0) is 12.1 Å². The smallest absolute Gasteiger partial charge is 0.404 e. The lowest BCUT2D eigenvalue weighted by atomic mass is 10.1. The van der Waals surface area contributed by atoms with Crippen molar-refractivity contribution in [3.8, 4) is 5.75 Å². The van der Waals surface area contributed by atoms with Gasteiger partial charge in [-0.25, -0.2) is 4.98 Å². The third-order valence-corrected chi connectivity index (χ3v) is 2.35. The van der Waals surface area contributed by atoms with Crippen molar-refractivity contribution < 1.29 is 35.9 Å².